The van der Waals surface area contributed by atoms with Gasteiger partial charge in [-0.3, -0.25) is 4.79 Å². The Morgan fingerprint density at radius 3 is 2.23 bits per heavy atom. The Hall–Kier alpha value is -3.38. The van der Waals surface area contributed by atoms with E-state index in [-0.39, 0.29) is 21.1 Å². The number of carbonyl (C=O) groups excluding carboxylic acids is 1. The summed E-state index contributed by atoms with van der Waals surface area (Å²) in [6.07, 6.45) is 3.05. The smallest absolute Gasteiger partial charge is 0.248 e. The molecule has 0 aliphatic rings. The number of phenols is 1. The predicted octanol–water partition coefficient (Wildman–Crippen LogP) is 4.80. The Balaban J connectivity index is 1.98. The van der Waals surface area contributed by atoms with Gasteiger partial charge in [0.2, 0.25) is 15.7 Å². The van der Waals surface area contributed by atoms with E-state index in [0.717, 1.165) is 11.1 Å². The number of hydrogen-bond donors (Lipinski definition) is 2. The highest BCUT2D eigenvalue weighted by molar-refractivity contribution is 7.91. The Kier molecular flexibility index (Phi) is 6.08. The standard InChI is InChI=1S/C24H23NO4S/c1-16-9-12-20(13-10-16)30(28,29)24-18(3)21(15-17(2)23(24)27)25-22(26)14-11-19-7-5-4-6-8-19/h4-15,27H,1-3H3,(H,25,26). The van der Waals surface area contributed by atoms with Gasteiger partial charge in [0.25, 0.3) is 0 Å². The van der Waals surface area contributed by atoms with E-state index in [1.54, 1.807) is 38.1 Å². The molecular formula is C24H23NO4S. The fourth-order valence-electron chi connectivity index (χ4n) is 3.08. The van der Waals surface area contributed by atoms with Crippen molar-refractivity contribution in [2.75, 3.05) is 5.32 Å². The van der Waals surface area contributed by atoms with Gasteiger partial charge in [-0.25, -0.2) is 8.42 Å². The SMILES string of the molecule is Cc1ccc(S(=O)(=O)c2c(C)c(NC(=O)C=Cc3ccccc3)cc(C)c2O)cc1. The molecule has 6 heteroatoms. The molecule has 3 aromatic rings. The van der Waals surface area contributed by atoms with Gasteiger partial charge in [-0.1, -0.05) is 48.0 Å². The lowest BCUT2D eigenvalue weighted by Gasteiger charge is -2.16. The van der Waals surface area contributed by atoms with Gasteiger partial charge in [-0.15, -0.1) is 0 Å². The van der Waals surface area contributed by atoms with Crippen LogP contribution in [0, 0.1) is 20.8 Å². The third-order valence-electron chi connectivity index (χ3n) is 4.78. The number of carbonyl (C=O) groups is 1. The van der Waals surface area contributed by atoms with Gasteiger partial charge in [0.15, 0.2) is 0 Å². The van der Waals surface area contributed by atoms with Crippen LogP contribution in [-0.4, -0.2) is 19.4 Å². The van der Waals surface area contributed by atoms with Gasteiger partial charge in [-0.2, -0.15) is 0 Å². The molecular weight excluding hydrogens is 398 g/mol. The predicted molar refractivity (Wildman–Crippen MR) is 118 cm³/mol. The molecule has 0 fully saturated rings. The zero-order valence-electron chi connectivity index (χ0n) is 17.0. The first-order valence-corrected chi connectivity index (χ1v) is 10.9. The fraction of sp³-hybridized carbons (Fsp3) is 0.125. The van der Waals surface area contributed by atoms with Crippen molar-refractivity contribution < 1.29 is 18.3 Å². The molecule has 30 heavy (non-hydrogen) atoms. The van der Waals surface area contributed by atoms with Crippen LogP contribution >= 0.6 is 0 Å². The third kappa shape index (κ3) is 4.44. The molecule has 0 aliphatic heterocycles. The van der Waals surface area contributed by atoms with Crippen molar-refractivity contribution in [3.8, 4) is 5.75 Å². The molecule has 154 valence electrons. The number of aryl methyl sites for hydroxylation is 2. The maximum atomic E-state index is 13.2. The van der Waals surface area contributed by atoms with Gasteiger partial charge in [0, 0.05) is 11.8 Å². The number of phenolic OH excluding ortho intramolecular Hbond substituents is 1. The van der Waals surface area contributed by atoms with Crippen molar-refractivity contribution in [3.63, 3.8) is 0 Å². The second kappa shape index (κ2) is 8.55. The minimum atomic E-state index is -3.97. The van der Waals surface area contributed by atoms with Crippen LogP contribution in [-0.2, 0) is 14.6 Å². The summed E-state index contributed by atoms with van der Waals surface area (Å²) in [5, 5.41) is 13.3. The minimum absolute atomic E-state index is 0.0818. The van der Waals surface area contributed by atoms with Crippen molar-refractivity contribution in [1.82, 2.24) is 0 Å². The average Bonchev–Trinajstić information content (AvgIpc) is 2.71. The quantitative estimate of drug-likeness (QED) is 0.458. The molecule has 0 atom stereocenters. The van der Waals surface area contributed by atoms with Crippen LogP contribution in [0.1, 0.15) is 22.3 Å². The Morgan fingerprint density at radius 1 is 0.967 bits per heavy atom. The van der Waals surface area contributed by atoms with E-state index in [1.807, 2.05) is 37.3 Å². The lowest BCUT2D eigenvalue weighted by atomic mass is 10.1. The Bertz CT molecular complexity index is 1210. The minimum Gasteiger partial charge on any atom is -0.506 e. The lowest BCUT2D eigenvalue weighted by molar-refractivity contribution is -0.111. The van der Waals surface area contributed by atoms with Crippen LogP contribution in [0.15, 0.2) is 76.5 Å². The first-order valence-electron chi connectivity index (χ1n) is 9.39. The molecule has 2 N–H and O–H groups in total. The van der Waals surface area contributed by atoms with Crippen LogP contribution in [0.2, 0.25) is 0 Å². The molecule has 0 heterocycles. The lowest BCUT2D eigenvalue weighted by Crippen LogP contribution is -2.12. The van der Waals surface area contributed by atoms with Crippen molar-refractivity contribution in [2.45, 2.75) is 30.6 Å². The molecule has 5 nitrogen and oxygen atoms in total. The van der Waals surface area contributed by atoms with E-state index < -0.39 is 15.7 Å². The first kappa shape index (κ1) is 21.3. The monoisotopic (exact) mass is 421 g/mol. The topological polar surface area (TPSA) is 83.5 Å². The number of anilines is 1. The molecule has 0 spiro atoms. The van der Waals surface area contributed by atoms with Crippen LogP contribution < -0.4 is 5.32 Å². The maximum Gasteiger partial charge on any atom is 0.248 e. The fourth-order valence-corrected chi connectivity index (χ4v) is 4.74. The van der Waals surface area contributed by atoms with Crippen LogP contribution in [0.3, 0.4) is 0 Å². The summed E-state index contributed by atoms with van der Waals surface area (Å²) < 4.78 is 26.4. The number of sulfone groups is 1. The highest BCUT2D eigenvalue weighted by Crippen LogP contribution is 2.38. The number of nitrogens with one attached hydrogen (secondary N) is 1. The van der Waals surface area contributed by atoms with Gasteiger partial charge >= 0.3 is 0 Å². The number of rotatable bonds is 5. The molecule has 0 saturated carbocycles. The van der Waals surface area contributed by atoms with Gasteiger partial charge < -0.3 is 10.4 Å². The van der Waals surface area contributed by atoms with Crippen molar-refractivity contribution in [1.29, 1.82) is 0 Å². The van der Waals surface area contributed by atoms with Crippen molar-refractivity contribution in [2.24, 2.45) is 0 Å². The normalized spacial score (nSPS) is 11.6. The maximum absolute atomic E-state index is 13.2. The zero-order valence-corrected chi connectivity index (χ0v) is 17.8. The summed E-state index contributed by atoms with van der Waals surface area (Å²) in [5.74, 6) is -0.711. The average molecular weight is 422 g/mol. The van der Waals surface area contributed by atoms with Crippen LogP contribution in [0.5, 0.6) is 5.75 Å². The van der Waals surface area contributed by atoms with Gasteiger partial charge in [0.05, 0.1) is 4.90 Å². The molecule has 0 unspecified atom stereocenters. The van der Waals surface area contributed by atoms with E-state index in [4.69, 9.17) is 0 Å². The second-order valence-electron chi connectivity index (χ2n) is 7.09. The highest BCUT2D eigenvalue weighted by atomic mass is 32.2. The van der Waals surface area contributed by atoms with E-state index in [1.165, 1.54) is 18.2 Å². The van der Waals surface area contributed by atoms with Crippen molar-refractivity contribution >= 4 is 27.5 Å². The molecule has 3 aromatic carbocycles. The van der Waals surface area contributed by atoms with E-state index >= 15 is 0 Å². The van der Waals surface area contributed by atoms with Gasteiger partial charge in [-0.05, 0) is 61.7 Å². The summed E-state index contributed by atoms with van der Waals surface area (Å²) >= 11 is 0. The van der Waals surface area contributed by atoms with Gasteiger partial charge in [0.1, 0.15) is 10.6 Å². The van der Waals surface area contributed by atoms with Crippen LogP contribution in [0.25, 0.3) is 6.08 Å². The molecule has 0 radical (unpaired) electrons. The van der Waals surface area contributed by atoms with Crippen LogP contribution in [0.4, 0.5) is 5.69 Å². The highest BCUT2D eigenvalue weighted by Gasteiger charge is 2.27. The molecule has 0 aromatic heterocycles. The largest absolute Gasteiger partial charge is 0.506 e. The Morgan fingerprint density at radius 2 is 1.60 bits per heavy atom. The molecule has 0 saturated heterocycles. The Labute approximate surface area is 176 Å². The van der Waals surface area contributed by atoms with Crippen molar-refractivity contribution in [3.05, 3.63) is 89.0 Å². The molecule has 0 aliphatic carbocycles. The molecule has 1 amide bonds. The zero-order chi connectivity index (χ0) is 21.9. The van der Waals surface area contributed by atoms with E-state index in [2.05, 4.69) is 5.32 Å². The second-order valence-corrected chi connectivity index (χ2v) is 8.98. The van der Waals surface area contributed by atoms with E-state index in [0.29, 0.717) is 11.3 Å². The summed E-state index contributed by atoms with van der Waals surface area (Å²) in [7, 11) is -3.97. The summed E-state index contributed by atoms with van der Waals surface area (Å²) in [6.45, 7) is 5.03. The molecule has 0 bridgehead atoms. The van der Waals surface area contributed by atoms with E-state index in [9.17, 15) is 18.3 Å². The molecule has 3 rings (SSSR count). The third-order valence-corrected chi connectivity index (χ3v) is 6.71. The summed E-state index contributed by atoms with van der Waals surface area (Å²) in [5.41, 5.74) is 2.76. The summed E-state index contributed by atoms with van der Waals surface area (Å²) in [4.78, 5) is 12.3. The summed E-state index contributed by atoms with van der Waals surface area (Å²) in [6, 6.07) is 17.3. The number of amides is 1. The number of benzene rings is 3. The number of hydrogen-bond acceptors (Lipinski definition) is 4. The first-order chi connectivity index (χ1) is 14.2. The number of aromatic hydroxyl groups is 1.